The van der Waals surface area contributed by atoms with Crippen molar-refractivity contribution in [3.8, 4) is 0 Å². The standard InChI is InChI=1S/C10H13FN2O4S/c11-10-8(3-1-4-9(10)13(14)15)7-18(16,17)6-2-5-12/h1,3-4H,2,5-7,12H2. The van der Waals surface area contributed by atoms with Crippen molar-refractivity contribution in [1.82, 2.24) is 0 Å². The van der Waals surface area contributed by atoms with E-state index in [4.69, 9.17) is 5.73 Å². The van der Waals surface area contributed by atoms with E-state index >= 15 is 0 Å². The van der Waals surface area contributed by atoms with E-state index in [1.54, 1.807) is 0 Å². The first kappa shape index (κ1) is 14.5. The van der Waals surface area contributed by atoms with Gasteiger partial charge in [0.25, 0.3) is 0 Å². The number of rotatable bonds is 6. The van der Waals surface area contributed by atoms with E-state index in [2.05, 4.69) is 0 Å². The number of halogens is 1. The van der Waals surface area contributed by atoms with Gasteiger partial charge in [0.05, 0.1) is 16.4 Å². The monoisotopic (exact) mass is 276 g/mol. The molecule has 0 saturated heterocycles. The quantitative estimate of drug-likeness (QED) is 0.616. The van der Waals surface area contributed by atoms with Crippen LogP contribution in [0.3, 0.4) is 0 Å². The van der Waals surface area contributed by atoms with Crippen molar-refractivity contribution in [2.45, 2.75) is 12.2 Å². The molecular formula is C10H13FN2O4S. The fraction of sp³-hybridized carbons (Fsp3) is 0.400. The van der Waals surface area contributed by atoms with Gasteiger partial charge in [-0.25, -0.2) is 8.42 Å². The number of nitro benzene ring substituents is 1. The van der Waals surface area contributed by atoms with Gasteiger partial charge < -0.3 is 5.73 Å². The molecule has 0 heterocycles. The number of nitrogens with two attached hydrogens (primary N) is 1. The smallest absolute Gasteiger partial charge is 0.305 e. The summed E-state index contributed by atoms with van der Waals surface area (Å²) in [5, 5.41) is 10.5. The number of benzene rings is 1. The highest BCUT2D eigenvalue weighted by Crippen LogP contribution is 2.22. The Bertz CT molecular complexity index is 545. The van der Waals surface area contributed by atoms with Crippen molar-refractivity contribution in [3.63, 3.8) is 0 Å². The second kappa shape index (κ2) is 5.87. The van der Waals surface area contributed by atoms with Crippen LogP contribution in [0.4, 0.5) is 10.1 Å². The summed E-state index contributed by atoms with van der Waals surface area (Å²) in [4.78, 5) is 9.63. The van der Waals surface area contributed by atoms with Gasteiger partial charge in [0.15, 0.2) is 9.84 Å². The lowest BCUT2D eigenvalue weighted by Gasteiger charge is -2.05. The molecule has 2 N–H and O–H groups in total. The molecule has 0 fully saturated rings. The molecule has 0 atom stereocenters. The predicted molar refractivity (Wildman–Crippen MR) is 64.2 cm³/mol. The Morgan fingerprint density at radius 2 is 2.06 bits per heavy atom. The van der Waals surface area contributed by atoms with Crippen LogP contribution in [0.15, 0.2) is 18.2 Å². The molecule has 1 rings (SSSR count). The minimum Gasteiger partial charge on any atom is -0.330 e. The molecule has 0 bridgehead atoms. The van der Waals surface area contributed by atoms with Crippen LogP contribution in [0.25, 0.3) is 0 Å². The topological polar surface area (TPSA) is 103 Å². The van der Waals surface area contributed by atoms with Crippen LogP contribution in [0.2, 0.25) is 0 Å². The first-order chi connectivity index (χ1) is 8.37. The summed E-state index contributed by atoms with van der Waals surface area (Å²) >= 11 is 0. The van der Waals surface area contributed by atoms with Gasteiger partial charge in [0.2, 0.25) is 5.82 Å². The van der Waals surface area contributed by atoms with Crippen LogP contribution in [-0.2, 0) is 15.6 Å². The predicted octanol–water partition coefficient (Wildman–Crippen LogP) is 0.998. The Morgan fingerprint density at radius 3 is 2.61 bits per heavy atom. The maximum Gasteiger partial charge on any atom is 0.305 e. The molecule has 0 radical (unpaired) electrons. The third-order valence-electron chi connectivity index (χ3n) is 2.29. The van der Waals surface area contributed by atoms with Gasteiger partial charge in [-0.15, -0.1) is 0 Å². The molecule has 0 amide bonds. The zero-order chi connectivity index (χ0) is 13.8. The Morgan fingerprint density at radius 1 is 1.39 bits per heavy atom. The lowest BCUT2D eigenvalue weighted by atomic mass is 10.2. The van der Waals surface area contributed by atoms with Crippen LogP contribution in [0.1, 0.15) is 12.0 Å². The van der Waals surface area contributed by atoms with E-state index in [1.165, 1.54) is 12.1 Å². The third kappa shape index (κ3) is 3.74. The molecule has 100 valence electrons. The minimum absolute atomic E-state index is 0.161. The Kier molecular flexibility index (Phi) is 4.74. The molecular weight excluding hydrogens is 263 g/mol. The highest BCUT2D eigenvalue weighted by atomic mass is 32.2. The Labute approximate surface area is 104 Å². The Balaban J connectivity index is 2.98. The van der Waals surface area contributed by atoms with Crippen molar-refractivity contribution in [3.05, 3.63) is 39.7 Å². The number of sulfone groups is 1. The SMILES string of the molecule is NCCCS(=O)(=O)Cc1cccc([N+](=O)[O-])c1F. The summed E-state index contributed by atoms with van der Waals surface area (Å²) in [6, 6.07) is 3.47. The molecule has 0 aromatic heterocycles. The van der Waals surface area contributed by atoms with Crippen LogP contribution in [0, 0.1) is 15.9 Å². The van der Waals surface area contributed by atoms with Crippen molar-refractivity contribution in [1.29, 1.82) is 0 Å². The number of nitrogens with zero attached hydrogens (tertiary/aromatic N) is 1. The lowest BCUT2D eigenvalue weighted by molar-refractivity contribution is -0.387. The molecule has 0 unspecified atom stereocenters. The molecule has 0 aliphatic rings. The summed E-state index contributed by atoms with van der Waals surface area (Å²) in [5.41, 5.74) is 4.28. The fourth-order valence-electron chi connectivity index (χ4n) is 1.43. The van der Waals surface area contributed by atoms with E-state index in [1.807, 2.05) is 0 Å². The van der Waals surface area contributed by atoms with Gasteiger partial charge in [-0.05, 0) is 13.0 Å². The van der Waals surface area contributed by atoms with Crippen LogP contribution >= 0.6 is 0 Å². The minimum atomic E-state index is -3.50. The van der Waals surface area contributed by atoms with E-state index < -0.39 is 32.0 Å². The molecule has 18 heavy (non-hydrogen) atoms. The average molecular weight is 276 g/mol. The van der Waals surface area contributed by atoms with Gasteiger partial charge in [0, 0.05) is 11.6 Å². The zero-order valence-corrected chi connectivity index (χ0v) is 10.3. The van der Waals surface area contributed by atoms with E-state index in [0.717, 1.165) is 6.07 Å². The number of hydrogen-bond donors (Lipinski definition) is 1. The second-order valence-corrected chi connectivity index (χ2v) is 5.93. The van der Waals surface area contributed by atoms with Gasteiger partial charge in [-0.1, -0.05) is 12.1 Å². The lowest BCUT2D eigenvalue weighted by Crippen LogP contribution is -2.14. The first-order valence-electron chi connectivity index (χ1n) is 5.19. The zero-order valence-electron chi connectivity index (χ0n) is 9.50. The van der Waals surface area contributed by atoms with E-state index in [9.17, 15) is 22.9 Å². The summed E-state index contributed by atoms with van der Waals surface area (Å²) in [7, 11) is -3.50. The average Bonchev–Trinajstić information content (AvgIpc) is 2.29. The summed E-state index contributed by atoms with van der Waals surface area (Å²) < 4.78 is 36.8. The third-order valence-corrected chi connectivity index (χ3v) is 3.95. The van der Waals surface area contributed by atoms with E-state index in [-0.39, 0.29) is 24.3 Å². The summed E-state index contributed by atoms with van der Waals surface area (Å²) in [6.07, 6.45) is 0.277. The molecule has 8 heteroatoms. The molecule has 1 aromatic carbocycles. The van der Waals surface area contributed by atoms with Crippen molar-refractivity contribution in [2.75, 3.05) is 12.3 Å². The van der Waals surface area contributed by atoms with Crippen LogP contribution < -0.4 is 5.73 Å². The van der Waals surface area contributed by atoms with Gasteiger partial charge in [-0.3, -0.25) is 10.1 Å². The van der Waals surface area contributed by atoms with Gasteiger partial charge in [0.1, 0.15) is 0 Å². The van der Waals surface area contributed by atoms with Crippen molar-refractivity contribution in [2.24, 2.45) is 5.73 Å². The van der Waals surface area contributed by atoms with Crippen molar-refractivity contribution >= 4 is 15.5 Å². The molecule has 1 aromatic rings. The number of nitro groups is 1. The molecule has 0 aliphatic heterocycles. The molecule has 0 aliphatic carbocycles. The van der Waals surface area contributed by atoms with Gasteiger partial charge in [-0.2, -0.15) is 4.39 Å². The highest BCUT2D eigenvalue weighted by molar-refractivity contribution is 7.90. The first-order valence-corrected chi connectivity index (χ1v) is 7.02. The number of hydrogen-bond acceptors (Lipinski definition) is 5. The molecule has 0 saturated carbocycles. The fourth-order valence-corrected chi connectivity index (χ4v) is 2.88. The largest absolute Gasteiger partial charge is 0.330 e. The van der Waals surface area contributed by atoms with Gasteiger partial charge >= 0.3 is 5.69 Å². The maximum absolute atomic E-state index is 13.6. The normalized spacial score (nSPS) is 11.4. The summed E-state index contributed by atoms with van der Waals surface area (Å²) in [6.45, 7) is 0.219. The van der Waals surface area contributed by atoms with Crippen LogP contribution in [0.5, 0.6) is 0 Å². The van der Waals surface area contributed by atoms with Crippen molar-refractivity contribution < 1.29 is 17.7 Å². The highest BCUT2D eigenvalue weighted by Gasteiger charge is 2.21. The summed E-state index contributed by atoms with van der Waals surface area (Å²) in [5.74, 6) is -1.81. The molecule has 0 spiro atoms. The second-order valence-electron chi connectivity index (χ2n) is 3.74. The molecule has 6 nitrogen and oxygen atoms in total. The Hall–Kier alpha value is -1.54. The maximum atomic E-state index is 13.6. The van der Waals surface area contributed by atoms with Crippen LogP contribution in [-0.4, -0.2) is 25.6 Å². The van der Waals surface area contributed by atoms with E-state index in [0.29, 0.717) is 0 Å².